The molecule has 1 unspecified atom stereocenters. The number of benzene rings is 1. The molecule has 0 spiro atoms. The van der Waals surface area contributed by atoms with Crippen molar-refractivity contribution in [2.45, 2.75) is 38.5 Å². The van der Waals surface area contributed by atoms with E-state index in [-0.39, 0.29) is 0 Å². The van der Waals surface area contributed by atoms with Gasteiger partial charge in [0.25, 0.3) is 0 Å². The molecule has 0 amide bonds. The minimum Gasteiger partial charge on any atom is -0.489 e. The number of nitrogens with one attached hydrogen (secondary N) is 1. The first-order valence-electron chi connectivity index (χ1n) is 7.62. The van der Waals surface area contributed by atoms with Crippen LogP contribution < -0.4 is 14.8 Å². The van der Waals surface area contributed by atoms with Crippen molar-refractivity contribution in [3.63, 3.8) is 0 Å². The van der Waals surface area contributed by atoms with Crippen LogP contribution in [0.5, 0.6) is 11.5 Å². The van der Waals surface area contributed by atoms with Gasteiger partial charge in [-0.25, -0.2) is 0 Å². The molecule has 110 valence electrons. The lowest BCUT2D eigenvalue weighted by atomic mass is 9.87. The van der Waals surface area contributed by atoms with Crippen molar-refractivity contribution in [3.8, 4) is 11.5 Å². The first-order valence-corrected chi connectivity index (χ1v) is 8.42. The standard InChI is InChI=1S/C16H22BrNO2/c1-2-12-13(11-5-3-6-18-10-11)9-14(17)16-15(12)19-7-4-8-20-16/h9,11,18H,2-8,10H2,1H3. The Kier molecular flexibility index (Phi) is 4.51. The van der Waals surface area contributed by atoms with E-state index in [4.69, 9.17) is 9.47 Å². The number of fused-ring (bicyclic) bond motifs is 1. The van der Waals surface area contributed by atoms with Crippen LogP contribution in [0.2, 0.25) is 0 Å². The monoisotopic (exact) mass is 339 g/mol. The van der Waals surface area contributed by atoms with Gasteiger partial charge in [0.15, 0.2) is 11.5 Å². The van der Waals surface area contributed by atoms with Gasteiger partial charge in [-0.2, -0.15) is 0 Å². The average Bonchev–Trinajstić information content (AvgIpc) is 2.74. The highest BCUT2D eigenvalue weighted by Gasteiger charge is 2.25. The van der Waals surface area contributed by atoms with Gasteiger partial charge in [0.05, 0.1) is 17.7 Å². The third kappa shape index (κ3) is 2.68. The van der Waals surface area contributed by atoms with Gasteiger partial charge in [0.1, 0.15) is 0 Å². The predicted molar refractivity (Wildman–Crippen MR) is 84.0 cm³/mol. The van der Waals surface area contributed by atoms with E-state index in [0.29, 0.717) is 5.92 Å². The molecule has 1 saturated heterocycles. The number of ether oxygens (including phenoxy) is 2. The topological polar surface area (TPSA) is 30.5 Å². The third-order valence-electron chi connectivity index (χ3n) is 4.20. The fraction of sp³-hybridized carbons (Fsp3) is 0.625. The van der Waals surface area contributed by atoms with Crippen molar-refractivity contribution in [1.82, 2.24) is 5.32 Å². The molecule has 1 aromatic carbocycles. The van der Waals surface area contributed by atoms with E-state index in [1.54, 1.807) is 0 Å². The average molecular weight is 340 g/mol. The highest BCUT2D eigenvalue weighted by atomic mass is 79.9. The van der Waals surface area contributed by atoms with Crippen LogP contribution in [-0.4, -0.2) is 26.3 Å². The minimum absolute atomic E-state index is 0.590. The Hall–Kier alpha value is -0.740. The van der Waals surface area contributed by atoms with Crippen molar-refractivity contribution in [3.05, 3.63) is 21.7 Å². The molecule has 0 radical (unpaired) electrons. The van der Waals surface area contributed by atoms with Gasteiger partial charge in [0.2, 0.25) is 0 Å². The Balaban J connectivity index is 2.05. The Morgan fingerprint density at radius 3 is 2.75 bits per heavy atom. The molecule has 0 saturated carbocycles. The molecule has 4 heteroatoms. The molecule has 0 bridgehead atoms. The molecule has 1 N–H and O–H groups in total. The lowest BCUT2D eigenvalue weighted by Crippen LogP contribution is -2.29. The van der Waals surface area contributed by atoms with Crippen LogP contribution in [0, 0.1) is 0 Å². The van der Waals surface area contributed by atoms with E-state index in [1.807, 2.05) is 0 Å². The Morgan fingerprint density at radius 2 is 2.05 bits per heavy atom. The molecule has 3 nitrogen and oxygen atoms in total. The van der Waals surface area contributed by atoms with Crippen LogP contribution in [0.25, 0.3) is 0 Å². The van der Waals surface area contributed by atoms with E-state index in [9.17, 15) is 0 Å². The van der Waals surface area contributed by atoms with Crippen molar-refractivity contribution in [2.24, 2.45) is 0 Å². The van der Waals surface area contributed by atoms with Crippen molar-refractivity contribution >= 4 is 15.9 Å². The zero-order chi connectivity index (χ0) is 13.9. The summed E-state index contributed by atoms with van der Waals surface area (Å²) in [4.78, 5) is 0. The lowest BCUT2D eigenvalue weighted by molar-refractivity contribution is 0.295. The second kappa shape index (κ2) is 6.35. The van der Waals surface area contributed by atoms with Crippen molar-refractivity contribution < 1.29 is 9.47 Å². The van der Waals surface area contributed by atoms with E-state index in [0.717, 1.165) is 55.1 Å². The normalized spacial score (nSPS) is 22.4. The summed E-state index contributed by atoms with van der Waals surface area (Å²) in [5.41, 5.74) is 2.76. The molecule has 20 heavy (non-hydrogen) atoms. The SMILES string of the molecule is CCc1c(C2CCCNC2)cc(Br)c2c1OCCCO2. The van der Waals surface area contributed by atoms with E-state index < -0.39 is 0 Å². The van der Waals surface area contributed by atoms with Crippen LogP contribution in [-0.2, 0) is 6.42 Å². The molecular formula is C16H22BrNO2. The van der Waals surface area contributed by atoms with Gasteiger partial charge < -0.3 is 14.8 Å². The van der Waals surface area contributed by atoms with Crippen LogP contribution >= 0.6 is 15.9 Å². The molecule has 1 aromatic rings. The molecule has 1 atom stereocenters. The largest absolute Gasteiger partial charge is 0.489 e. The fourth-order valence-electron chi connectivity index (χ4n) is 3.21. The first-order chi connectivity index (χ1) is 9.81. The summed E-state index contributed by atoms with van der Waals surface area (Å²) in [6.07, 6.45) is 4.45. The Morgan fingerprint density at radius 1 is 1.25 bits per heavy atom. The molecule has 3 rings (SSSR count). The van der Waals surface area contributed by atoms with Crippen LogP contribution in [0.1, 0.15) is 43.2 Å². The lowest BCUT2D eigenvalue weighted by Gasteiger charge is -2.27. The van der Waals surface area contributed by atoms with Crippen LogP contribution in [0.3, 0.4) is 0 Å². The Bertz CT molecular complexity index is 484. The van der Waals surface area contributed by atoms with E-state index in [1.165, 1.54) is 24.0 Å². The summed E-state index contributed by atoms with van der Waals surface area (Å²) in [7, 11) is 0. The zero-order valence-corrected chi connectivity index (χ0v) is 13.6. The third-order valence-corrected chi connectivity index (χ3v) is 4.79. The molecular weight excluding hydrogens is 318 g/mol. The van der Waals surface area contributed by atoms with Crippen molar-refractivity contribution in [1.29, 1.82) is 0 Å². The maximum absolute atomic E-state index is 6.01. The number of rotatable bonds is 2. The van der Waals surface area contributed by atoms with E-state index >= 15 is 0 Å². The maximum Gasteiger partial charge on any atom is 0.175 e. The van der Waals surface area contributed by atoms with Crippen molar-refractivity contribution in [2.75, 3.05) is 26.3 Å². The second-order valence-electron chi connectivity index (χ2n) is 5.53. The fourth-order valence-corrected chi connectivity index (χ4v) is 3.75. The number of hydrogen-bond donors (Lipinski definition) is 1. The van der Waals surface area contributed by atoms with Gasteiger partial charge in [-0.1, -0.05) is 6.92 Å². The molecule has 2 aliphatic rings. The number of hydrogen-bond acceptors (Lipinski definition) is 3. The highest BCUT2D eigenvalue weighted by Crippen LogP contribution is 2.44. The number of halogens is 1. The van der Waals surface area contributed by atoms with Gasteiger partial charge in [0, 0.05) is 18.5 Å². The summed E-state index contributed by atoms with van der Waals surface area (Å²) in [5.74, 6) is 2.46. The van der Waals surface area contributed by atoms with Crippen LogP contribution in [0.15, 0.2) is 10.5 Å². The summed E-state index contributed by atoms with van der Waals surface area (Å²) in [5, 5.41) is 3.51. The summed E-state index contributed by atoms with van der Waals surface area (Å²) >= 11 is 3.67. The van der Waals surface area contributed by atoms with Crippen LogP contribution in [0.4, 0.5) is 0 Å². The van der Waals surface area contributed by atoms with Gasteiger partial charge >= 0.3 is 0 Å². The zero-order valence-electron chi connectivity index (χ0n) is 12.0. The molecule has 0 aliphatic carbocycles. The molecule has 0 aromatic heterocycles. The van der Waals surface area contributed by atoms with Gasteiger partial charge in [-0.15, -0.1) is 0 Å². The minimum atomic E-state index is 0.590. The highest BCUT2D eigenvalue weighted by molar-refractivity contribution is 9.10. The number of piperidine rings is 1. The first kappa shape index (κ1) is 14.2. The second-order valence-corrected chi connectivity index (χ2v) is 6.39. The summed E-state index contributed by atoms with van der Waals surface area (Å²) in [6.45, 7) is 5.90. The molecule has 2 aliphatic heterocycles. The summed E-state index contributed by atoms with van der Waals surface area (Å²) < 4.78 is 12.9. The summed E-state index contributed by atoms with van der Waals surface area (Å²) in [6, 6.07) is 2.25. The predicted octanol–water partition coefficient (Wildman–Crippen LogP) is 3.64. The van der Waals surface area contributed by atoms with Gasteiger partial charge in [-0.3, -0.25) is 0 Å². The molecule has 2 heterocycles. The van der Waals surface area contributed by atoms with E-state index in [2.05, 4.69) is 34.2 Å². The smallest absolute Gasteiger partial charge is 0.175 e. The van der Waals surface area contributed by atoms with Gasteiger partial charge in [-0.05, 0) is 59.3 Å². The maximum atomic E-state index is 6.01. The Labute approximate surface area is 129 Å². The quantitative estimate of drug-likeness (QED) is 0.892. The molecule has 1 fully saturated rings.